The fraction of sp³-hybridized carbons (Fsp3) is 0.692. The molecule has 5 nitrogen and oxygen atoms in total. The number of carboxylic acids is 1. The van der Waals surface area contributed by atoms with Crippen molar-refractivity contribution in [3.05, 3.63) is 17.2 Å². The number of hydrogen-bond donors (Lipinski definition) is 1. The maximum atomic E-state index is 10.7. The van der Waals surface area contributed by atoms with Crippen LogP contribution in [0, 0.1) is 6.92 Å². The number of aryl methyl sites for hydroxylation is 1. The molecule has 1 aromatic rings. The van der Waals surface area contributed by atoms with E-state index in [1.807, 2.05) is 13.8 Å². The minimum absolute atomic E-state index is 0.0704. The second kappa shape index (κ2) is 5.52. The maximum absolute atomic E-state index is 10.7. The zero-order valence-corrected chi connectivity index (χ0v) is 11.0. The number of ether oxygens (including phenoxy) is 1. The second-order valence-corrected chi connectivity index (χ2v) is 4.63. The minimum Gasteiger partial charge on any atom is -0.481 e. The maximum Gasteiger partial charge on any atom is 0.303 e. The van der Waals surface area contributed by atoms with Gasteiger partial charge in [-0.2, -0.15) is 0 Å². The van der Waals surface area contributed by atoms with E-state index in [1.54, 1.807) is 0 Å². The number of rotatable bonds is 5. The molecule has 0 aromatic carbocycles. The zero-order chi connectivity index (χ0) is 13.1. The third-order valence-electron chi connectivity index (χ3n) is 3.38. The summed E-state index contributed by atoms with van der Waals surface area (Å²) >= 11 is 0. The van der Waals surface area contributed by atoms with Crippen molar-refractivity contribution in [1.29, 1.82) is 0 Å². The highest BCUT2D eigenvalue weighted by atomic mass is 16.5. The molecule has 0 fully saturated rings. The molecule has 2 heterocycles. The van der Waals surface area contributed by atoms with E-state index < -0.39 is 5.97 Å². The Morgan fingerprint density at radius 3 is 3.06 bits per heavy atom. The molecule has 0 saturated heterocycles. The average Bonchev–Trinajstić information content (AvgIpc) is 2.64. The number of nitrogens with zero attached hydrogens (tertiary/aromatic N) is 2. The lowest BCUT2D eigenvalue weighted by atomic mass is 10.1. The lowest BCUT2D eigenvalue weighted by molar-refractivity contribution is -0.136. The largest absolute Gasteiger partial charge is 0.481 e. The zero-order valence-electron chi connectivity index (χ0n) is 11.0. The summed E-state index contributed by atoms with van der Waals surface area (Å²) in [5.74, 6) is 0.211. The van der Waals surface area contributed by atoms with Gasteiger partial charge in [-0.25, -0.2) is 4.98 Å². The van der Waals surface area contributed by atoms with E-state index in [2.05, 4.69) is 9.55 Å². The Morgan fingerprint density at radius 2 is 2.39 bits per heavy atom. The van der Waals surface area contributed by atoms with Crippen LogP contribution in [0.3, 0.4) is 0 Å². The Labute approximate surface area is 107 Å². The van der Waals surface area contributed by atoms with Crippen molar-refractivity contribution < 1.29 is 14.6 Å². The van der Waals surface area contributed by atoms with Crippen molar-refractivity contribution in [3.63, 3.8) is 0 Å². The fourth-order valence-corrected chi connectivity index (χ4v) is 2.59. The van der Waals surface area contributed by atoms with Gasteiger partial charge in [0.15, 0.2) is 0 Å². The number of carbonyl (C=O) groups is 1. The van der Waals surface area contributed by atoms with Crippen molar-refractivity contribution in [2.45, 2.75) is 52.2 Å². The first-order valence-electron chi connectivity index (χ1n) is 6.52. The molecule has 1 N–H and O–H groups in total. The Hall–Kier alpha value is -1.36. The molecular weight excluding hydrogens is 232 g/mol. The molecule has 1 aliphatic heterocycles. The topological polar surface area (TPSA) is 64.4 Å². The first-order valence-corrected chi connectivity index (χ1v) is 6.52. The number of imidazole rings is 1. The summed E-state index contributed by atoms with van der Waals surface area (Å²) in [4.78, 5) is 15.3. The van der Waals surface area contributed by atoms with Gasteiger partial charge in [0.05, 0.1) is 12.1 Å². The summed E-state index contributed by atoms with van der Waals surface area (Å²) in [5.41, 5.74) is 2.00. The third-order valence-corrected chi connectivity index (χ3v) is 3.38. The molecule has 5 heteroatoms. The van der Waals surface area contributed by atoms with Crippen LogP contribution in [0.4, 0.5) is 0 Å². The van der Waals surface area contributed by atoms with Crippen LogP contribution in [-0.4, -0.2) is 27.2 Å². The lowest BCUT2D eigenvalue weighted by Gasteiger charge is -2.24. The quantitative estimate of drug-likeness (QED) is 0.871. The molecule has 1 unspecified atom stereocenters. The van der Waals surface area contributed by atoms with E-state index in [0.29, 0.717) is 13.0 Å². The molecule has 1 atom stereocenters. The first kappa shape index (κ1) is 13.1. The highest BCUT2D eigenvalue weighted by Crippen LogP contribution is 2.30. The summed E-state index contributed by atoms with van der Waals surface area (Å²) in [7, 11) is 0. The van der Waals surface area contributed by atoms with Gasteiger partial charge in [-0.05, 0) is 33.1 Å². The van der Waals surface area contributed by atoms with Gasteiger partial charge in [0.1, 0.15) is 11.9 Å². The highest BCUT2D eigenvalue weighted by Gasteiger charge is 2.26. The Bertz CT molecular complexity index is 440. The number of aromatic nitrogens is 2. The normalized spacial score (nSPS) is 18.7. The molecule has 100 valence electrons. The smallest absolute Gasteiger partial charge is 0.303 e. The average molecular weight is 252 g/mol. The standard InChI is InChI=1S/C13H20N2O3/c1-3-18-11-5-4-8-15-10(6-7-12(16)17)9(2)14-13(11)15/h11H,3-8H2,1-2H3,(H,16,17). The Balaban J connectivity index is 2.24. The van der Waals surface area contributed by atoms with Crippen LogP contribution in [0.2, 0.25) is 0 Å². The Kier molecular flexibility index (Phi) is 4.01. The minimum atomic E-state index is -0.762. The molecule has 0 amide bonds. The molecule has 0 bridgehead atoms. The van der Waals surface area contributed by atoms with Crippen molar-refractivity contribution in [3.8, 4) is 0 Å². The van der Waals surface area contributed by atoms with Gasteiger partial charge in [-0.15, -0.1) is 0 Å². The van der Waals surface area contributed by atoms with Gasteiger partial charge in [-0.1, -0.05) is 0 Å². The van der Waals surface area contributed by atoms with Gasteiger partial charge in [0.2, 0.25) is 0 Å². The summed E-state index contributed by atoms with van der Waals surface area (Å²) in [6.07, 6.45) is 2.84. The summed E-state index contributed by atoms with van der Waals surface area (Å²) < 4.78 is 7.86. The van der Waals surface area contributed by atoms with Crippen LogP contribution >= 0.6 is 0 Å². The van der Waals surface area contributed by atoms with Crippen LogP contribution in [-0.2, 0) is 22.5 Å². The van der Waals surface area contributed by atoms with Gasteiger partial charge in [-0.3, -0.25) is 4.79 Å². The van der Waals surface area contributed by atoms with E-state index >= 15 is 0 Å². The molecule has 2 rings (SSSR count). The molecule has 1 aromatic heterocycles. The molecule has 0 radical (unpaired) electrons. The van der Waals surface area contributed by atoms with E-state index in [9.17, 15) is 4.79 Å². The van der Waals surface area contributed by atoms with Crippen molar-refractivity contribution in [1.82, 2.24) is 9.55 Å². The van der Waals surface area contributed by atoms with Crippen LogP contribution in [0.5, 0.6) is 0 Å². The Morgan fingerprint density at radius 1 is 1.61 bits per heavy atom. The molecule has 0 spiro atoms. The van der Waals surface area contributed by atoms with Gasteiger partial charge < -0.3 is 14.4 Å². The highest BCUT2D eigenvalue weighted by molar-refractivity contribution is 5.67. The summed E-state index contributed by atoms with van der Waals surface area (Å²) in [6, 6.07) is 0. The first-order chi connectivity index (χ1) is 8.63. The SMILES string of the molecule is CCOC1CCCn2c1nc(C)c2CCC(=O)O. The number of fused-ring (bicyclic) bond motifs is 1. The number of hydrogen-bond acceptors (Lipinski definition) is 3. The molecular formula is C13H20N2O3. The molecule has 18 heavy (non-hydrogen) atoms. The van der Waals surface area contributed by atoms with Crippen molar-refractivity contribution in [2.24, 2.45) is 0 Å². The van der Waals surface area contributed by atoms with E-state index in [-0.39, 0.29) is 12.5 Å². The van der Waals surface area contributed by atoms with E-state index in [4.69, 9.17) is 9.84 Å². The van der Waals surface area contributed by atoms with Gasteiger partial charge in [0.25, 0.3) is 0 Å². The third kappa shape index (κ3) is 2.56. The molecule has 0 saturated carbocycles. The van der Waals surface area contributed by atoms with Crippen molar-refractivity contribution >= 4 is 5.97 Å². The van der Waals surface area contributed by atoms with Crippen LogP contribution in [0.1, 0.15) is 49.5 Å². The molecule has 1 aliphatic rings. The van der Waals surface area contributed by atoms with Crippen LogP contribution in [0.25, 0.3) is 0 Å². The van der Waals surface area contributed by atoms with Crippen LogP contribution < -0.4 is 0 Å². The summed E-state index contributed by atoms with van der Waals surface area (Å²) in [6.45, 7) is 5.54. The molecule has 0 aliphatic carbocycles. The van der Waals surface area contributed by atoms with Crippen LogP contribution in [0.15, 0.2) is 0 Å². The fourth-order valence-electron chi connectivity index (χ4n) is 2.59. The summed E-state index contributed by atoms with van der Waals surface area (Å²) in [5, 5.41) is 8.79. The number of aliphatic carboxylic acids is 1. The monoisotopic (exact) mass is 252 g/mol. The van der Waals surface area contributed by atoms with Gasteiger partial charge >= 0.3 is 5.97 Å². The van der Waals surface area contributed by atoms with Gasteiger partial charge in [0, 0.05) is 18.8 Å². The number of carboxylic acid groups (broad SMARTS) is 1. The van der Waals surface area contributed by atoms with E-state index in [0.717, 1.165) is 36.6 Å². The lowest BCUT2D eigenvalue weighted by Crippen LogP contribution is -2.20. The second-order valence-electron chi connectivity index (χ2n) is 4.63. The van der Waals surface area contributed by atoms with E-state index in [1.165, 1.54) is 0 Å². The predicted molar refractivity (Wildman–Crippen MR) is 66.5 cm³/mol. The predicted octanol–water partition coefficient (Wildman–Crippen LogP) is 2.08. The van der Waals surface area contributed by atoms with Crippen molar-refractivity contribution in [2.75, 3.05) is 6.61 Å².